The zero-order valence-electron chi connectivity index (χ0n) is 11.3. The van der Waals surface area contributed by atoms with Gasteiger partial charge in [-0.25, -0.2) is 4.98 Å². The van der Waals surface area contributed by atoms with Crippen molar-refractivity contribution in [2.45, 2.75) is 25.8 Å². The second-order valence-electron chi connectivity index (χ2n) is 5.29. The maximum absolute atomic E-state index is 5.37. The van der Waals surface area contributed by atoms with E-state index < -0.39 is 0 Å². The second kappa shape index (κ2) is 4.45. The highest BCUT2D eigenvalue weighted by atomic mass is 16.3. The summed E-state index contributed by atoms with van der Waals surface area (Å²) in [6.45, 7) is 3.21. The molecule has 0 radical (unpaired) electrons. The van der Waals surface area contributed by atoms with Crippen molar-refractivity contribution in [3.05, 3.63) is 35.9 Å². The van der Waals surface area contributed by atoms with E-state index in [1.165, 1.54) is 30.5 Å². The molecule has 2 N–H and O–H groups in total. The SMILES string of the molecule is Cc1c(-c2ccc3ncoc3c2)n[nH]c1C1CCCN1. The number of H-pyrrole nitrogens is 1. The molecule has 5 heteroatoms. The Morgan fingerprint density at radius 1 is 1.35 bits per heavy atom. The van der Waals surface area contributed by atoms with Crippen LogP contribution in [0.4, 0.5) is 0 Å². The molecule has 1 atom stereocenters. The molecule has 0 spiro atoms. The molecule has 102 valence electrons. The average molecular weight is 268 g/mol. The van der Waals surface area contributed by atoms with Gasteiger partial charge in [-0.05, 0) is 44.0 Å². The molecule has 1 fully saturated rings. The van der Waals surface area contributed by atoms with Crippen molar-refractivity contribution >= 4 is 11.1 Å². The maximum Gasteiger partial charge on any atom is 0.181 e. The van der Waals surface area contributed by atoms with Crippen molar-refractivity contribution in [1.29, 1.82) is 0 Å². The predicted octanol–water partition coefficient (Wildman–Crippen LogP) is 2.95. The fourth-order valence-electron chi connectivity index (χ4n) is 2.97. The number of nitrogens with zero attached hydrogens (tertiary/aromatic N) is 2. The summed E-state index contributed by atoms with van der Waals surface area (Å²) in [5, 5.41) is 11.2. The van der Waals surface area contributed by atoms with Crippen molar-refractivity contribution in [3.8, 4) is 11.3 Å². The normalized spacial score (nSPS) is 18.9. The van der Waals surface area contributed by atoms with Gasteiger partial charge in [-0.2, -0.15) is 5.10 Å². The van der Waals surface area contributed by atoms with Crippen LogP contribution >= 0.6 is 0 Å². The molecule has 3 aromatic rings. The number of aromatic amines is 1. The first-order valence-electron chi connectivity index (χ1n) is 6.95. The second-order valence-corrected chi connectivity index (χ2v) is 5.29. The molecule has 3 heterocycles. The topological polar surface area (TPSA) is 66.7 Å². The Morgan fingerprint density at radius 2 is 2.30 bits per heavy atom. The minimum absolute atomic E-state index is 0.408. The standard InChI is InChI=1S/C15H16N4O/c1-9-14(18-19-15(9)12-3-2-6-16-12)10-4-5-11-13(7-10)20-8-17-11/h4-5,7-8,12,16H,2-3,6H2,1H3,(H,18,19). The van der Waals surface area contributed by atoms with E-state index in [-0.39, 0.29) is 0 Å². The van der Waals surface area contributed by atoms with Crippen LogP contribution in [-0.2, 0) is 0 Å². The highest BCUT2D eigenvalue weighted by molar-refractivity contribution is 5.79. The zero-order chi connectivity index (χ0) is 13.5. The van der Waals surface area contributed by atoms with Crippen LogP contribution in [0.5, 0.6) is 0 Å². The van der Waals surface area contributed by atoms with E-state index in [4.69, 9.17) is 4.42 Å². The lowest BCUT2D eigenvalue weighted by Gasteiger charge is -2.08. The largest absolute Gasteiger partial charge is 0.443 e. The molecule has 4 rings (SSSR count). The third kappa shape index (κ3) is 1.74. The number of nitrogens with one attached hydrogen (secondary N) is 2. The zero-order valence-corrected chi connectivity index (χ0v) is 11.3. The van der Waals surface area contributed by atoms with Crippen molar-refractivity contribution in [3.63, 3.8) is 0 Å². The fraction of sp³-hybridized carbons (Fsp3) is 0.333. The van der Waals surface area contributed by atoms with Gasteiger partial charge in [0.15, 0.2) is 12.0 Å². The summed E-state index contributed by atoms with van der Waals surface area (Å²) in [4.78, 5) is 4.14. The van der Waals surface area contributed by atoms with E-state index in [1.54, 1.807) is 0 Å². The molecule has 1 saturated heterocycles. The van der Waals surface area contributed by atoms with Gasteiger partial charge in [0.2, 0.25) is 0 Å². The molecule has 0 bridgehead atoms. The highest BCUT2D eigenvalue weighted by Crippen LogP contribution is 2.31. The number of benzene rings is 1. The van der Waals surface area contributed by atoms with Gasteiger partial charge in [-0.3, -0.25) is 5.10 Å². The lowest BCUT2D eigenvalue weighted by atomic mass is 10.0. The van der Waals surface area contributed by atoms with Crippen LogP contribution in [0.15, 0.2) is 29.0 Å². The molecular formula is C15H16N4O. The third-order valence-electron chi connectivity index (χ3n) is 4.06. The first-order chi connectivity index (χ1) is 9.83. The molecule has 1 aliphatic rings. The Bertz CT molecular complexity index is 752. The first kappa shape index (κ1) is 11.7. The Labute approximate surface area is 116 Å². The Kier molecular flexibility index (Phi) is 2.60. The monoisotopic (exact) mass is 268 g/mol. The van der Waals surface area contributed by atoms with Gasteiger partial charge in [0.1, 0.15) is 5.52 Å². The molecule has 20 heavy (non-hydrogen) atoms. The van der Waals surface area contributed by atoms with E-state index in [9.17, 15) is 0 Å². The van der Waals surface area contributed by atoms with Crippen LogP contribution in [0.1, 0.15) is 30.1 Å². The summed E-state index contributed by atoms with van der Waals surface area (Å²) < 4.78 is 5.37. The van der Waals surface area contributed by atoms with E-state index >= 15 is 0 Å². The maximum atomic E-state index is 5.37. The van der Waals surface area contributed by atoms with Crippen molar-refractivity contribution < 1.29 is 4.42 Å². The van der Waals surface area contributed by atoms with Crippen molar-refractivity contribution in [2.24, 2.45) is 0 Å². The van der Waals surface area contributed by atoms with E-state index in [0.717, 1.165) is 28.9 Å². The predicted molar refractivity (Wildman–Crippen MR) is 76.3 cm³/mol. The summed E-state index contributed by atoms with van der Waals surface area (Å²) in [5.74, 6) is 0. The van der Waals surface area contributed by atoms with Crippen molar-refractivity contribution in [2.75, 3.05) is 6.54 Å². The summed E-state index contributed by atoms with van der Waals surface area (Å²) in [6, 6.07) is 6.41. The van der Waals surface area contributed by atoms with Gasteiger partial charge in [0.25, 0.3) is 0 Å². The lowest BCUT2D eigenvalue weighted by Crippen LogP contribution is -2.14. The quantitative estimate of drug-likeness (QED) is 0.750. The smallest absolute Gasteiger partial charge is 0.181 e. The number of rotatable bonds is 2. The van der Waals surface area contributed by atoms with Gasteiger partial charge in [0.05, 0.1) is 11.4 Å². The average Bonchev–Trinajstić information content (AvgIpc) is 3.17. The van der Waals surface area contributed by atoms with E-state index in [2.05, 4.69) is 27.4 Å². The van der Waals surface area contributed by atoms with Crippen LogP contribution in [0.2, 0.25) is 0 Å². The fourth-order valence-corrected chi connectivity index (χ4v) is 2.97. The minimum atomic E-state index is 0.408. The Hall–Kier alpha value is -2.14. The number of aromatic nitrogens is 3. The van der Waals surface area contributed by atoms with Crippen LogP contribution < -0.4 is 5.32 Å². The third-order valence-corrected chi connectivity index (χ3v) is 4.06. The summed E-state index contributed by atoms with van der Waals surface area (Å²) >= 11 is 0. The highest BCUT2D eigenvalue weighted by Gasteiger charge is 2.22. The van der Waals surface area contributed by atoms with E-state index in [1.807, 2.05) is 18.2 Å². The minimum Gasteiger partial charge on any atom is -0.443 e. The summed E-state index contributed by atoms with van der Waals surface area (Å²) in [6.07, 6.45) is 3.87. The van der Waals surface area contributed by atoms with Crippen molar-refractivity contribution in [1.82, 2.24) is 20.5 Å². The van der Waals surface area contributed by atoms with Crippen LogP contribution in [0.3, 0.4) is 0 Å². The number of hydrogen-bond donors (Lipinski definition) is 2. The molecule has 0 amide bonds. The molecular weight excluding hydrogens is 252 g/mol. The van der Waals surface area contributed by atoms with Gasteiger partial charge in [-0.1, -0.05) is 6.07 Å². The molecule has 1 aromatic carbocycles. The number of fused-ring (bicyclic) bond motifs is 1. The summed E-state index contributed by atoms with van der Waals surface area (Å²) in [5.41, 5.74) is 6.14. The number of hydrogen-bond acceptors (Lipinski definition) is 4. The Balaban J connectivity index is 1.77. The van der Waals surface area contributed by atoms with Crippen LogP contribution in [-0.4, -0.2) is 21.7 Å². The Morgan fingerprint density at radius 3 is 3.15 bits per heavy atom. The molecule has 1 unspecified atom stereocenters. The van der Waals surface area contributed by atoms with Gasteiger partial charge < -0.3 is 9.73 Å². The molecule has 0 aliphatic carbocycles. The molecule has 2 aromatic heterocycles. The molecule has 1 aliphatic heterocycles. The summed E-state index contributed by atoms with van der Waals surface area (Å²) in [7, 11) is 0. The van der Waals surface area contributed by atoms with Crippen LogP contribution in [0.25, 0.3) is 22.4 Å². The molecule has 0 saturated carbocycles. The molecule has 5 nitrogen and oxygen atoms in total. The first-order valence-corrected chi connectivity index (χ1v) is 6.95. The van der Waals surface area contributed by atoms with E-state index in [0.29, 0.717) is 6.04 Å². The lowest BCUT2D eigenvalue weighted by molar-refractivity contribution is 0.602. The number of oxazole rings is 1. The van der Waals surface area contributed by atoms with Gasteiger partial charge >= 0.3 is 0 Å². The van der Waals surface area contributed by atoms with Gasteiger partial charge in [-0.15, -0.1) is 0 Å². The van der Waals surface area contributed by atoms with Gasteiger partial charge in [0, 0.05) is 11.6 Å². The van der Waals surface area contributed by atoms with Crippen LogP contribution in [0, 0.1) is 6.92 Å².